The molecule has 1 saturated heterocycles. The number of hydrogen-bond acceptors (Lipinski definition) is 5. The number of carbonyl (C=O) groups is 1. The van der Waals surface area contributed by atoms with Gasteiger partial charge >= 0.3 is 0 Å². The third kappa shape index (κ3) is 3.14. The standard InChI is InChI=1S/C21H22N4O3/c1-14-7-8-19-23-11-16(21(27)25(19)13-14)20(26)24-10-9-22-12-17(24)15-5-3-4-6-18(15)28-2/h3-8,11,13,17,22H,9-10,12H2,1-2H3. The lowest BCUT2D eigenvalue weighted by molar-refractivity contribution is 0.0629. The number of para-hydroxylation sites is 1. The van der Waals surface area contributed by atoms with Crippen molar-refractivity contribution in [2.75, 3.05) is 26.7 Å². The van der Waals surface area contributed by atoms with Gasteiger partial charge in [-0.25, -0.2) is 4.98 Å². The summed E-state index contributed by atoms with van der Waals surface area (Å²) in [7, 11) is 1.61. The minimum atomic E-state index is -0.351. The number of pyridine rings is 1. The fourth-order valence-corrected chi connectivity index (χ4v) is 3.65. The fourth-order valence-electron chi connectivity index (χ4n) is 3.65. The van der Waals surface area contributed by atoms with E-state index in [9.17, 15) is 9.59 Å². The molecule has 7 heteroatoms. The van der Waals surface area contributed by atoms with Crippen molar-refractivity contribution in [2.24, 2.45) is 0 Å². The van der Waals surface area contributed by atoms with Gasteiger partial charge in [0.15, 0.2) is 0 Å². The number of aryl methyl sites for hydroxylation is 1. The van der Waals surface area contributed by atoms with Gasteiger partial charge in [-0.1, -0.05) is 24.3 Å². The molecule has 3 aromatic rings. The molecule has 0 bridgehead atoms. The van der Waals surface area contributed by atoms with Gasteiger partial charge in [-0.3, -0.25) is 14.0 Å². The van der Waals surface area contributed by atoms with Crippen molar-refractivity contribution in [1.29, 1.82) is 0 Å². The van der Waals surface area contributed by atoms with Crippen LogP contribution in [0.15, 0.2) is 53.6 Å². The van der Waals surface area contributed by atoms with Crippen LogP contribution in [0.2, 0.25) is 0 Å². The van der Waals surface area contributed by atoms with Crippen LogP contribution in [0.25, 0.3) is 5.65 Å². The molecule has 3 heterocycles. The maximum atomic E-state index is 13.3. The Kier molecular flexibility index (Phi) is 4.83. The molecule has 1 aromatic carbocycles. The first-order chi connectivity index (χ1) is 13.6. The third-order valence-electron chi connectivity index (χ3n) is 5.08. The Morgan fingerprint density at radius 2 is 2.07 bits per heavy atom. The normalized spacial score (nSPS) is 16.9. The van der Waals surface area contributed by atoms with Crippen LogP contribution in [0, 0.1) is 6.92 Å². The van der Waals surface area contributed by atoms with E-state index in [4.69, 9.17) is 4.74 Å². The molecule has 28 heavy (non-hydrogen) atoms. The van der Waals surface area contributed by atoms with Crippen LogP contribution in [0.1, 0.15) is 27.5 Å². The Labute approximate surface area is 162 Å². The van der Waals surface area contributed by atoms with E-state index < -0.39 is 0 Å². The summed E-state index contributed by atoms with van der Waals surface area (Å²) in [5.41, 5.74) is 2.08. The van der Waals surface area contributed by atoms with Gasteiger partial charge in [0.05, 0.1) is 13.2 Å². The molecule has 0 radical (unpaired) electrons. The molecule has 0 aliphatic carbocycles. The predicted molar refractivity (Wildman–Crippen MR) is 106 cm³/mol. The van der Waals surface area contributed by atoms with Gasteiger partial charge < -0.3 is 15.0 Å². The number of nitrogens with zero attached hydrogens (tertiary/aromatic N) is 3. The molecule has 1 aliphatic rings. The second kappa shape index (κ2) is 7.44. The average molecular weight is 378 g/mol. The molecular weight excluding hydrogens is 356 g/mol. The highest BCUT2D eigenvalue weighted by atomic mass is 16.5. The Bertz CT molecular complexity index is 1090. The molecule has 1 N–H and O–H groups in total. The summed E-state index contributed by atoms with van der Waals surface area (Å²) >= 11 is 0. The van der Waals surface area contributed by atoms with Crippen LogP contribution in [-0.4, -0.2) is 46.9 Å². The summed E-state index contributed by atoms with van der Waals surface area (Å²) in [4.78, 5) is 32.3. The molecule has 144 valence electrons. The van der Waals surface area contributed by atoms with Gasteiger partial charge in [0, 0.05) is 37.6 Å². The zero-order valence-corrected chi connectivity index (χ0v) is 15.9. The van der Waals surface area contributed by atoms with E-state index in [1.807, 2.05) is 37.3 Å². The molecule has 4 rings (SSSR count). The predicted octanol–water partition coefficient (Wildman–Crippen LogP) is 1.80. The maximum Gasteiger partial charge on any atom is 0.270 e. The molecule has 0 spiro atoms. The van der Waals surface area contributed by atoms with Gasteiger partial charge in [-0.15, -0.1) is 0 Å². The summed E-state index contributed by atoms with van der Waals surface area (Å²) < 4.78 is 6.92. The minimum absolute atomic E-state index is 0.0740. The van der Waals surface area contributed by atoms with Crippen LogP contribution in [0.3, 0.4) is 0 Å². The van der Waals surface area contributed by atoms with Crippen molar-refractivity contribution in [3.05, 3.63) is 75.8 Å². The van der Waals surface area contributed by atoms with E-state index >= 15 is 0 Å². The number of carbonyl (C=O) groups excluding carboxylic acids is 1. The summed E-state index contributed by atoms with van der Waals surface area (Å²) in [5, 5.41) is 3.32. The molecule has 7 nitrogen and oxygen atoms in total. The number of amides is 1. The zero-order valence-electron chi connectivity index (χ0n) is 15.9. The highest BCUT2D eigenvalue weighted by Crippen LogP contribution is 2.30. The lowest BCUT2D eigenvalue weighted by Crippen LogP contribution is -2.49. The average Bonchev–Trinajstić information content (AvgIpc) is 2.74. The first-order valence-electron chi connectivity index (χ1n) is 9.23. The van der Waals surface area contributed by atoms with Crippen molar-refractivity contribution < 1.29 is 9.53 Å². The molecule has 2 aromatic heterocycles. The van der Waals surface area contributed by atoms with Gasteiger partial charge in [-0.2, -0.15) is 0 Å². The highest BCUT2D eigenvalue weighted by molar-refractivity contribution is 5.94. The molecule has 1 amide bonds. The SMILES string of the molecule is COc1ccccc1C1CNCCN1C(=O)c1cnc2ccc(C)cn2c1=O. The Hall–Kier alpha value is -3.19. The van der Waals surface area contributed by atoms with E-state index in [0.717, 1.165) is 16.9 Å². The molecule has 1 aliphatic heterocycles. The van der Waals surface area contributed by atoms with Crippen molar-refractivity contribution in [1.82, 2.24) is 19.6 Å². The van der Waals surface area contributed by atoms with E-state index in [2.05, 4.69) is 10.3 Å². The quantitative estimate of drug-likeness (QED) is 0.752. The maximum absolute atomic E-state index is 13.3. The van der Waals surface area contributed by atoms with Crippen LogP contribution < -0.4 is 15.6 Å². The van der Waals surface area contributed by atoms with E-state index in [-0.39, 0.29) is 23.1 Å². The number of aromatic nitrogens is 2. The van der Waals surface area contributed by atoms with E-state index in [1.165, 1.54) is 10.6 Å². The van der Waals surface area contributed by atoms with Crippen LogP contribution >= 0.6 is 0 Å². The second-order valence-corrected chi connectivity index (χ2v) is 6.87. The molecule has 1 fully saturated rings. The molecule has 0 saturated carbocycles. The topological polar surface area (TPSA) is 75.9 Å². The third-order valence-corrected chi connectivity index (χ3v) is 5.08. The lowest BCUT2D eigenvalue weighted by Gasteiger charge is -2.37. The van der Waals surface area contributed by atoms with Gasteiger partial charge in [-0.05, 0) is 24.6 Å². The number of benzene rings is 1. The number of nitrogens with one attached hydrogen (secondary N) is 1. The summed E-state index contributed by atoms with van der Waals surface area (Å²) in [6, 6.07) is 11.1. The van der Waals surface area contributed by atoms with Crippen LogP contribution in [-0.2, 0) is 0 Å². The number of piperazine rings is 1. The van der Waals surface area contributed by atoms with Gasteiger partial charge in [0.1, 0.15) is 17.0 Å². The van der Waals surface area contributed by atoms with E-state index in [0.29, 0.717) is 25.3 Å². The first kappa shape index (κ1) is 18.2. The molecule has 1 unspecified atom stereocenters. The number of hydrogen-bond donors (Lipinski definition) is 1. The first-order valence-corrected chi connectivity index (χ1v) is 9.23. The summed E-state index contributed by atoms with van der Waals surface area (Å²) in [5.74, 6) is 0.406. The number of methoxy groups -OCH3 is 1. The number of fused-ring (bicyclic) bond motifs is 1. The zero-order chi connectivity index (χ0) is 19.7. The van der Waals surface area contributed by atoms with Crippen LogP contribution in [0.5, 0.6) is 5.75 Å². The van der Waals surface area contributed by atoms with Crippen molar-refractivity contribution >= 4 is 11.6 Å². The highest BCUT2D eigenvalue weighted by Gasteiger charge is 2.32. The number of ether oxygens (including phenoxy) is 1. The molecular formula is C21H22N4O3. The monoisotopic (exact) mass is 378 g/mol. The Balaban J connectivity index is 1.76. The van der Waals surface area contributed by atoms with Crippen molar-refractivity contribution in [3.8, 4) is 5.75 Å². The summed E-state index contributed by atoms with van der Waals surface area (Å²) in [6.45, 7) is 3.65. The van der Waals surface area contributed by atoms with Crippen LogP contribution in [0.4, 0.5) is 0 Å². The number of rotatable bonds is 3. The van der Waals surface area contributed by atoms with Gasteiger partial charge in [0.25, 0.3) is 11.5 Å². The fraction of sp³-hybridized carbons (Fsp3) is 0.286. The van der Waals surface area contributed by atoms with E-state index in [1.54, 1.807) is 24.3 Å². The smallest absolute Gasteiger partial charge is 0.270 e. The second-order valence-electron chi connectivity index (χ2n) is 6.87. The van der Waals surface area contributed by atoms with Gasteiger partial charge in [0.2, 0.25) is 0 Å². The molecule has 1 atom stereocenters. The Morgan fingerprint density at radius 3 is 2.89 bits per heavy atom. The van der Waals surface area contributed by atoms with Crippen molar-refractivity contribution in [2.45, 2.75) is 13.0 Å². The largest absolute Gasteiger partial charge is 0.496 e. The lowest BCUT2D eigenvalue weighted by atomic mass is 10.0. The van der Waals surface area contributed by atoms with Crippen molar-refractivity contribution in [3.63, 3.8) is 0 Å². The Morgan fingerprint density at radius 1 is 1.25 bits per heavy atom. The summed E-state index contributed by atoms with van der Waals surface area (Å²) in [6.07, 6.45) is 3.09. The minimum Gasteiger partial charge on any atom is -0.496 e.